The Labute approximate surface area is 97.2 Å². The van der Waals surface area contributed by atoms with E-state index in [-0.39, 0.29) is 18.4 Å². The predicted molar refractivity (Wildman–Crippen MR) is 55.3 cm³/mol. The minimum absolute atomic E-state index is 0.00995. The summed E-state index contributed by atoms with van der Waals surface area (Å²) in [6.45, 7) is 3.61. The number of pyridine rings is 1. The molecule has 1 aromatic heterocycles. The van der Waals surface area contributed by atoms with Gasteiger partial charge in [-0.25, -0.2) is 0 Å². The van der Waals surface area contributed by atoms with Crippen LogP contribution in [0.5, 0.6) is 0 Å². The van der Waals surface area contributed by atoms with Gasteiger partial charge in [0.2, 0.25) is 0 Å². The summed E-state index contributed by atoms with van der Waals surface area (Å²) in [5, 5.41) is 9.59. The highest BCUT2D eigenvalue weighted by Gasteiger charge is 2.30. The molecule has 17 heavy (non-hydrogen) atoms. The van der Waals surface area contributed by atoms with Crippen LogP contribution in [0.25, 0.3) is 0 Å². The van der Waals surface area contributed by atoms with Crippen LogP contribution in [0.15, 0.2) is 18.3 Å². The summed E-state index contributed by atoms with van der Waals surface area (Å²) >= 11 is 0. The molecule has 0 aliphatic rings. The first-order valence-corrected chi connectivity index (χ1v) is 5.13. The first-order chi connectivity index (χ1) is 7.80. The smallest absolute Gasteiger partial charge is 0.384 e. The minimum atomic E-state index is -4.41. The Kier molecular flexibility index (Phi) is 4.47. The molecule has 1 atom stereocenters. The van der Waals surface area contributed by atoms with Crippen molar-refractivity contribution in [2.75, 3.05) is 6.61 Å². The zero-order valence-electron chi connectivity index (χ0n) is 9.53. The fourth-order valence-corrected chi connectivity index (χ4v) is 1.14. The number of aliphatic hydroxyl groups excluding tert-OH is 1. The molecule has 0 amide bonds. The SMILES string of the molecule is CC(C)OCC(O)c1ccc(C(F)(F)F)cn1. The second-order valence-corrected chi connectivity index (χ2v) is 3.87. The molecule has 6 heteroatoms. The summed E-state index contributed by atoms with van der Waals surface area (Å²) in [6.07, 6.45) is -4.78. The highest BCUT2D eigenvalue weighted by atomic mass is 19.4. The minimum Gasteiger partial charge on any atom is -0.384 e. The molecule has 0 saturated carbocycles. The Morgan fingerprint density at radius 1 is 1.35 bits per heavy atom. The molecule has 0 aromatic carbocycles. The van der Waals surface area contributed by atoms with Gasteiger partial charge < -0.3 is 9.84 Å². The number of hydrogen-bond acceptors (Lipinski definition) is 3. The van der Waals surface area contributed by atoms with Gasteiger partial charge in [-0.1, -0.05) is 0 Å². The van der Waals surface area contributed by atoms with Crippen LogP contribution in [0.1, 0.15) is 31.2 Å². The number of alkyl halides is 3. The molecule has 0 saturated heterocycles. The zero-order valence-corrected chi connectivity index (χ0v) is 9.53. The van der Waals surface area contributed by atoms with E-state index in [0.29, 0.717) is 6.20 Å². The topological polar surface area (TPSA) is 42.4 Å². The Bertz CT molecular complexity index is 349. The van der Waals surface area contributed by atoms with Crippen LogP contribution in [0.3, 0.4) is 0 Å². The molecule has 1 rings (SSSR count). The second-order valence-electron chi connectivity index (χ2n) is 3.87. The Morgan fingerprint density at radius 3 is 2.41 bits per heavy atom. The lowest BCUT2D eigenvalue weighted by atomic mass is 10.2. The average Bonchev–Trinajstić information content (AvgIpc) is 2.25. The maximum atomic E-state index is 12.2. The van der Waals surface area contributed by atoms with Crippen LogP contribution in [0, 0.1) is 0 Å². The van der Waals surface area contributed by atoms with Crippen molar-refractivity contribution < 1.29 is 23.0 Å². The van der Waals surface area contributed by atoms with Crippen LogP contribution >= 0.6 is 0 Å². The molecule has 0 spiro atoms. The molecule has 0 aliphatic heterocycles. The maximum absolute atomic E-state index is 12.2. The molecule has 96 valence electrons. The predicted octanol–water partition coefficient (Wildman–Crippen LogP) is 2.56. The summed E-state index contributed by atoms with van der Waals surface area (Å²) in [6, 6.07) is 2.04. The first kappa shape index (κ1) is 13.9. The van der Waals surface area contributed by atoms with Crippen molar-refractivity contribution in [3.63, 3.8) is 0 Å². The summed E-state index contributed by atoms with van der Waals surface area (Å²) in [7, 11) is 0. The van der Waals surface area contributed by atoms with E-state index < -0.39 is 17.8 Å². The third kappa shape index (κ3) is 4.32. The summed E-state index contributed by atoms with van der Waals surface area (Å²) in [5.41, 5.74) is -0.670. The van der Waals surface area contributed by atoms with E-state index >= 15 is 0 Å². The van der Waals surface area contributed by atoms with Crippen molar-refractivity contribution in [3.8, 4) is 0 Å². The third-order valence-electron chi connectivity index (χ3n) is 2.04. The molecule has 1 unspecified atom stereocenters. The van der Waals surface area contributed by atoms with E-state index in [4.69, 9.17) is 4.74 Å². The monoisotopic (exact) mass is 249 g/mol. The van der Waals surface area contributed by atoms with Gasteiger partial charge in [-0.05, 0) is 26.0 Å². The lowest BCUT2D eigenvalue weighted by molar-refractivity contribution is -0.137. The van der Waals surface area contributed by atoms with E-state index in [1.54, 1.807) is 13.8 Å². The lowest BCUT2D eigenvalue weighted by Crippen LogP contribution is -2.14. The van der Waals surface area contributed by atoms with E-state index in [0.717, 1.165) is 12.1 Å². The van der Waals surface area contributed by atoms with E-state index in [1.807, 2.05) is 0 Å². The summed E-state index contributed by atoms with van der Waals surface area (Å²) in [4.78, 5) is 3.57. The number of halogens is 3. The fraction of sp³-hybridized carbons (Fsp3) is 0.545. The number of hydrogen-bond donors (Lipinski definition) is 1. The number of ether oxygens (including phenoxy) is 1. The highest BCUT2D eigenvalue weighted by Crippen LogP contribution is 2.28. The first-order valence-electron chi connectivity index (χ1n) is 5.13. The van der Waals surface area contributed by atoms with E-state index in [9.17, 15) is 18.3 Å². The third-order valence-corrected chi connectivity index (χ3v) is 2.04. The summed E-state index contributed by atoms with van der Waals surface area (Å²) < 4.78 is 41.9. The number of nitrogens with zero attached hydrogens (tertiary/aromatic N) is 1. The van der Waals surface area contributed by atoms with Gasteiger partial charge in [0.1, 0.15) is 6.10 Å². The Balaban J connectivity index is 2.67. The van der Waals surface area contributed by atoms with Crippen molar-refractivity contribution in [1.29, 1.82) is 0 Å². The van der Waals surface area contributed by atoms with Gasteiger partial charge in [0, 0.05) is 6.20 Å². The quantitative estimate of drug-likeness (QED) is 0.891. The lowest BCUT2D eigenvalue weighted by Gasteiger charge is -2.13. The summed E-state index contributed by atoms with van der Waals surface area (Å²) in [5.74, 6) is 0. The highest BCUT2D eigenvalue weighted by molar-refractivity contribution is 5.18. The largest absolute Gasteiger partial charge is 0.417 e. The van der Waals surface area contributed by atoms with E-state index in [1.165, 1.54) is 0 Å². The molecule has 1 aromatic rings. The zero-order chi connectivity index (χ0) is 13.1. The van der Waals surface area contributed by atoms with Crippen molar-refractivity contribution in [3.05, 3.63) is 29.6 Å². The van der Waals surface area contributed by atoms with Gasteiger partial charge in [0.25, 0.3) is 0 Å². The Morgan fingerprint density at radius 2 is 2.00 bits per heavy atom. The normalized spacial score (nSPS) is 14.1. The molecule has 0 fully saturated rings. The molecular formula is C11H14F3NO2. The van der Waals surface area contributed by atoms with Crippen molar-refractivity contribution >= 4 is 0 Å². The number of aliphatic hydroxyl groups is 1. The average molecular weight is 249 g/mol. The molecular weight excluding hydrogens is 235 g/mol. The number of aromatic nitrogens is 1. The second kappa shape index (κ2) is 5.46. The standard InChI is InChI=1S/C11H14F3NO2/c1-7(2)17-6-10(16)9-4-3-8(5-15-9)11(12,13)14/h3-5,7,10,16H,6H2,1-2H3. The van der Waals surface area contributed by atoms with Gasteiger partial charge in [0.15, 0.2) is 0 Å². The van der Waals surface area contributed by atoms with Crippen LogP contribution < -0.4 is 0 Å². The van der Waals surface area contributed by atoms with Gasteiger partial charge in [-0.2, -0.15) is 13.2 Å². The molecule has 0 radical (unpaired) electrons. The molecule has 1 N–H and O–H groups in total. The van der Waals surface area contributed by atoms with E-state index in [2.05, 4.69) is 4.98 Å². The van der Waals surface area contributed by atoms with Crippen molar-refractivity contribution in [1.82, 2.24) is 4.98 Å². The van der Waals surface area contributed by atoms with Gasteiger partial charge in [-0.3, -0.25) is 4.98 Å². The molecule has 0 bridgehead atoms. The van der Waals surface area contributed by atoms with Crippen molar-refractivity contribution in [2.45, 2.75) is 32.2 Å². The molecule has 3 nitrogen and oxygen atoms in total. The molecule has 1 heterocycles. The van der Waals surface area contributed by atoms with Crippen LogP contribution in [0.2, 0.25) is 0 Å². The van der Waals surface area contributed by atoms with Crippen LogP contribution in [-0.2, 0) is 10.9 Å². The van der Waals surface area contributed by atoms with Crippen LogP contribution in [0.4, 0.5) is 13.2 Å². The Hall–Kier alpha value is -1.14. The van der Waals surface area contributed by atoms with Crippen molar-refractivity contribution in [2.24, 2.45) is 0 Å². The number of rotatable bonds is 4. The fourth-order valence-electron chi connectivity index (χ4n) is 1.14. The maximum Gasteiger partial charge on any atom is 0.417 e. The van der Waals surface area contributed by atoms with Crippen LogP contribution in [-0.4, -0.2) is 22.8 Å². The molecule has 0 aliphatic carbocycles. The van der Waals surface area contributed by atoms with Gasteiger partial charge in [-0.15, -0.1) is 0 Å². The van der Waals surface area contributed by atoms with Gasteiger partial charge in [0.05, 0.1) is 24.0 Å². The van der Waals surface area contributed by atoms with Gasteiger partial charge >= 0.3 is 6.18 Å².